The van der Waals surface area contributed by atoms with Gasteiger partial charge < -0.3 is 26.8 Å². The van der Waals surface area contributed by atoms with E-state index in [1.54, 1.807) is 0 Å². The van der Waals surface area contributed by atoms with Crippen LogP contribution in [0, 0.1) is 0 Å². The molecule has 26 heavy (non-hydrogen) atoms. The second kappa shape index (κ2) is 9.86. The average Bonchev–Trinajstić information content (AvgIpc) is 3.06. The third-order valence-corrected chi connectivity index (χ3v) is 6.75. The first-order valence-electron chi connectivity index (χ1n) is 9.07. The Morgan fingerprint density at radius 1 is 1.27 bits per heavy atom. The molecule has 5 unspecified atom stereocenters. The molecule has 9 nitrogen and oxygen atoms in total. The molecule has 5 atom stereocenters. The maximum atomic E-state index is 12.1. The van der Waals surface area contributed by atoms with Crippen LogP contribution in [0.2, 0.25) is 0 Å². The van der Waals surface area contributed by atoms with Gasteiger partial charge in [0.05, 0.1) is 17.3 Å². The van der Waals surface area contributed by atoms with Gasteiger partial charge in [-0.2, -0.15) is 0 Å². The zero-order chi connectivity index (χ0) is 19.1. The Labute approximate surface area is 155 Å². The molecule has 2 fully saturated rings. The second-order valence-electron chi connectivity index (χ2n) is 6.87. The van der Waals surface area contributed by atoms with Gasteiger partial charge in [-0.15, -0.1) is 0 Å². The fraction of sp³-hybridized carbons (Fsp3) is 0.812. The van der Waals surface area contributed by atoms with Gasteiger partial charge >= 0.3 is 12.0 Å². The number of carboxylic acid groups (broad SMARTS) is 1. The van der Waals surface area contributed by atoms with Crippen molar-refractivity contribution in [3.05, 3.63) is 0 Å². The molecule has 10 heteroatoms. The van der Waals surface area contributed by atoms with Crippen LogP contribution in [0.1, 0.15) is 44.9 Å². The van der Waals surface area contributed by atoms with Crippen LogP contribution in [0.3, 0.4) is 0 Å². The number of fused-ring (bicyclic) bond motifs is 1. The van der Waals surface area contributed by atoms with E-state index in [1.807, 2.05) is 0 Å². The molecule has 2 aliphatic rings. The Balaban J connectivity index is 1.52. The van der Waals surface area contributed by atoms with E-state index in [0.717, 1.165) is 12.8 Å². The van der Waals surface area contributed by atoms with Crippen LogP contribution < -0.4 is 21.7 Å². The Hall–Kier alpha value is -1.68. The number of carboxylic acids is 1. The lowest BCUT2D eigenvalue weighted by Crippen LogP contribution is -2.38. The van der Waals surface area contributed by atoms with E-state index in [2.05, 4.69) is 16.0 Å². The summed E-state index contributed by atoms with van der Waals surface area (Å²) in [7, 11) is -0.943. The van der Waals surface area contributed by atoms with Gasteiger partial charge in [-0.1, -0.05) is 6.42 Å². The van der Waals surface area contributed by atoms with Crippen molar-refractivity contribution in [2.75, 3.05) is 12.3 Å². The average molecular weight is 388 g/mol. The first-order chi connectivity index (χ1) is 12.4. The molecule has 2 rings (SSSR count). The number of amides is 3. The molecule has 0 spiro atoms. The number of urea groups is 1. The Bertz CT molecular complexity index is 559. The molecule has 0 radical (unpaired) electrons. The van der Waals surface area contributed by atoms with E-state index in [4.69, 9.17) is 10.8 Å². The van der Waals surface area contributed by atoms with Crippen LogP contribution in [0.4, 0.5) is 4.79 Å². The Kier molecular flexibility index (Phi) is 7.83. The first kappa shape index (κ1) is 20.6. The quantitative estimate of drug-likeness (QED) is 0.236. The zero-order valence-corrected chi connectivity index (χ0v) is 15.6. The van der Waals surface area contributed by atoms with Crippen LogP contribution in [-0.4, -0.2) is 62.9 Å². The van der Waals surface area contributed by atoms with Crippen molar-refractivity contribution in [1.29, 1.82) is 0 Å². The largest absolute Gasteiger partial charge is 0.480 e. The lowest BCUT2D eigenvalue weighted by Gasteiger charge is -2.16. The number of unbranched alkanes of at least 4 members (excludes halogenated alkanes) is 2. The molecule has 3 amide bonds. The summed E-state index contributed by atoms with van der Waals surface area (Å²) in [6.45, 7) is 0.513. The van der Waals surface area contributed by atoms with Crippen molar-refractivity contribution in [2.45, 2.75) is 68.3 Å². The van der Waals surface area contributed by atoms with Crippen molar-refractivity contribution in [2.24, 2.45) is 5.73 Å². The topological polar surface area (TPSA) is 151 Å². The van der Waals surface area contributed by atoms with Gasteiger partial charge in [-0.05, 0) is 32.1 Å². The minimum absolute atomic E-state index is 0.0335. The molecule has 0 aromatic rings. The van der Waals surface area contributed by atoms with Crippen LogP contribution >= 0.6 is 0 Å². The maximum Gasteiger partial charge on any atom is 0.320 e. The third kappa shape index (κ3) is 5.94. The summed E-state index contributed by atoms with van der Waals surface area (Å²) in [5, 5.41) is 17.1. The summed E-state index contributed by atoms with van der Waals surface area (Å²) in [6.07, 6.45) is 4.39. The Morgan fingerprint density at radius 3 is 2.77 bits per heavy atom. The van der Waals surface area contributed by atoms with Gasteiger partial charge in [0.15, 0.2) is 0 Å². The summed E-state index contributed by atoms with van der Waals surface area (Å²) in [6, 6.07) is -1.13. The summed E-state index contributed by atoms with van der Waals surface area (Å²) >= 11 is 0. The highest BCUT2D eigenvalue weighted by Gasteiger charge is 2.46. The lowest BCUT2D eigenvalue weighted by atomic mass is 10.0. The number of hydrogen-bond acceptors (Lipinski definition) is 5. The van der Waals surface area contributed by atoms with Gasteiger partial charge in [0.2, 0.25) is 5.91 Å². The monoisotopic (exact) mass is 388 g/mol. The fourth-order valence-electron chi connectivity index (χ4n) is 3.38. The number of aliphatic carboxylic acids is 1. The molecule has 0 aromatic heterocycles. The van der Waals surface area contributed by atoms with Crippen LogP contribution in [0.5, 0.6) is 0 Å². The summed E-state index contributed by atoms with van der Waals surface area (Å²) in [5.74, 6) is -0.537. The van der Waals surface area contributed by atoms with E-state index in [-0.39, 0.29) is 29.3 Å². The predicted molar refractivity (Wildman–Crippen MR) is 97.0 cm³/mol. The number of nitrogens with two attached hydrogens (primary N) is 1. The standard InChI is InChI=1S/C16H28N4O5S/c17-10(15(22)23)5-3-4-8-18-13(21)7-2-1-6-12-14-11(9-26(12)25)19-16(24)20-14/h10-12,14H,1-9,17H2,(H,18,21)(H,22,23)(H2,19,20,24). The Morgan fingerprint density at radius 2 is 2.04 bits per heavy atom. The van der Waals surface area contributed by atoms with Gasteiger partial charge in [-0.25, -0.2) is 4.79 Å². The van der Waals surface area contributed by atoms with Crippen molar-refractivity contribution in [3.63, 3.8) is 0 Å². The fourth-order valence-corrected chi connectivity index (χ4v) is 5.29. The van der Waals surface area contributed by atoms with E-state index in [1.165, 1.54) is 0 Å². The molecule has 2 heterocycles. The van der Waals surface area contributed by atoms with Crippen molar-refractivity contribution >= 4 is 28.7 Å². The molecule has 0 saturated carbocycles. The van der Waals surface area contributed by atoms with Gasteiger partial charge in [0.1, 0.15) is 6.04 Å². The second-order valence-corrected chi connectivity index (χ2v) is 8.57. The first-order valence-corrected chi connectivity index (χ1v) is 10.5. The van der Waals surface area contributed by atoms with E-state index in [0.29, 0.717) is 44.4 Å². The van der Waals surface area contributed by atoms with E-state index in [9.17, 15) is 18.6 Å². The SMILES string of the molecule is NC(CCCCNC(=O)CCCCC1C2NC(=O)NC2CS1=O)C(=O)O. The number of carbonyl (C=O) groups excluding carboxylic acids is 2. The molecular formula is C16H28N4O5S. The van der Waals surface area contributed by atoms with Crippen LogP contribution in [0.25, 0.3) is 0 Å². The van der Waals surface area contributed by atoms with Crippen LogP contribution in [-0.2, 0) is 20.4 Å². The number of carbonyl (C=O) groups is 3. The highest BCUT2D eigenvalue weighted by atomic mass is 32.2. The highest BCUT2D eigenvalue weighted by Crippen LogP contribution is 2.25. The molecule has 6 N–H and O–H groups in total. The molecule has 0 aromatic carbocycles. The normalized spacial score (nSPS) is 28.1. The highest BCUT2D eigenvalue weighted by molar-refractivity contribution is 7.86. The van der Waals surface area contributed by atoms with Crippen molar-refractivity contribution in [3.8, 4) is 0 Å². The smallest absolute Gasteiger partial charge is 0.320 e. The third-order valence-electron chi connectivity index (χ3n) is 4.85. The number of rotatable bonds is 11. The minimum atomic E-state index is -1.00. The lowest BCUT2D eigenvalue weighted by molar-refractivity contribution is -0.138. The minimum Gasteiger partial charge on any atom is -0.480 e. The maximum absolute atomic E-state index is 12.1. The van der Waals surface area contributed by atoms with E-state index < -0.39 is 22.8 Å². The molecule has 0 aliphatic carbocycles. The molecule has 0 bridgehead atoms. The summed E-state index contributed by atoms with van der Waals surface area (Å²) in [4.78, 5) is 33.7. The van der Waals surface area contributed by atoms with Gasteiger partial charge in [0, 0.05) is 29.5 Å². The summed E-state index contributed by atoms with van der Waals surface area (Å²) < 4.78 is 12.1. The molecule has 2 saturated heterocycles. The van der Waals surface area contributed by atoms with E-state index >= 15 is 0 Å². The van der Waals surface area contributed by atoms with Gasteiger partial charge in [-0.3, -0.25) is 13.8 Å². The van der Waals surface area contributed by atoms with Crippen molar-refractivity contribution < 1.29 is 23.7 Å². The molecule has 2 aliphatic heterocycles. The molecular weight excluding hydrogens is 360 g/mol. The predicted octanol–water partition coefficient (Wildman–Crippen LogP) is -0.574. The van der Waals surface area contributed by atoms with Crippen LogP contribution in [0.15, 0.2) is 0 Å². The van der Waals surface area contributed by atoms with Gasteiger partial charge in [0.25, 0.3) is 0 Å². The van der Waals surface area contributed by atoms with Crippen molar-refractivity contribution in [1.82, 2.24) is 16.0 Å². The summed E-state index contributed by atoms with van der Waals surface area (Å²) in [5.41, 5.74) is 5.41. The molecule has 148 valence electrons. The number of nitrogens with one attached hydrogen (secondary N) is 3. The zero-order valence-electron chi connectivity index (χ0n) is 14.7. The number of hydrogen-bond donors (Lipinski definition) is 5.